The van der Waals surface area contributed by atoms with Gasteiger partial charge in [-0.1, -0.05) is 6.07 Å². The van der Waals surface area contributed by atoms with Crippen LogP contribution in [0.1, 0.15) is 24.8 Å². The zero-order chi connectivity index (χ0) is 13.4. The Balaban J connectivity index is 1.85. The van der Waals surface area contributed by atoms with Gasteiger partial charge in [-0.25, -0.2) is 0 Å². The van der Waals surface area contributed by atoms with E-state index >= 15 is 0 Å². The number of benzene rings is 1. The van der Waals surface area contributed by atoms with Crippen LogP contribution in [0.4, 0.5) is 11.4 Å². The van der Waals surface area contributed by atoms with Crippen molar-refractivity contribution in [2.45, 2.75) is 38.3 Å². The summed E-state index contributed by atoms with van der Waals surface area (Å²) in [6, 6.07) is 6.74. The van der Waals surface area contributed by atoms with Crippen LogP contribution in [0.25, 0.3) is 0 Å². The predicted molar refractivity (Wildman–Crippen MR) is 74.6 cm³/mol. The first-order valence-corrected chi connectivity index (χ1v) is 6.89. The lowest BCUT2D eigenvalue weighted by Crippen LogP contribution is -2.35. The number of hydrogen-bond donors (Lipinski definition) is 1. The van der Waals surface area contributed by atoms with Gasteiger partial charge in [-0.05, 0) is 32.3 Å². The van der Waals surface area contributed by atoms with Crippen LogP contribution in [-0.2, 0) is 0 Å². The van der Waals surface area contributed by atoms with Gasteiger partial charge in [0.1, 0.15) is 0 Å². The summed E-state index contributed by atoms with van der Waals surface area (Å²) in [4.78, 5) is 13.0. The highest BCUT2D eigenvalue weighted by Crippen LogP contribution is 2.28. The molecule has 1 N–H and O–H groups in total. The van der Waals surface area contributed by atoms with Crippen molar-refractivity contribution in [2.24, 2.45) is 0 Å². The smallest absolute Gasteiger partial charge is 0.274 e. The summed E-state index contributed by atoms with van der Waals surface area (Å²) in [5.74, 6) is 0. The minimum atomic E-state index is -0.291. The molecule has 102 valence electrons. The molecule has 0 amide bonds. The Morgan fingerprint density at radius 3 is 2.89 bits per heavy atom. The van der Waals surface area contributed by atoms with Gasteiger partial charge in [-0.2, -0.15) is 0 Å². The number of aryl methyl sites for hydroxylation is 1. The maximum absolute atomic E-state index is 11.0. The van der Waals surface area contributed by atoms with E-state index in [9.17, 15) is 10.1 Å². The van der Waals surface area contributed by atoms with Gasteiger partial charge in [0.2, 0.25) is 0 Å². The van der Waals surface area contributed by atoms with Crippen LogP contribution < -0.4 is 10.2 Å². The lowest BCUT2D eigenvalue weighted by atomic mass is 10.1. The topological polar surface area (TPSA) is 58.4 Å². The lowest BCUT2D eigenvalue weighted by Gasteiger charge is -2.26. The predicted octanol–water partition coefficient (Wildman–Crippen LogP) is 2.23. The number of rotatable bonds is 2. The van der Waals surface area contributed by atoms with Gasteiger partial charge in [0, 0.05) is 42.5 Å². The molecule has 19 heavy (non-hydrogen) atoms. The Morgan fingerprint density at radius 2 is 2.11 bits per heavy atom. The molecule has 2 saturated heterocycles. The zero-order valence-corrected chi connectivity index (χ0v) is 11.1. The number of nitro benzene ring substituents is 1. The van der Waals surface area contributed by atoms with Gasteiger partial charge >= 0.3 is 0 Å². The molecule has 0 aromatic heterocycles. The molecule has 0 aliphatic carbocycles. The number of anilines is 1. The minimum absolute atomic E-state index is 0.222. The van der Waals surface area contributed by atoms with Gasteiger partial charge in [0.05, 0.1) is 4.92 Å². The van der Waals surface area contributed by atoms with E-state index in [1.807, 2.05) is 12.1 Å². The molecule has 1 aromatic rings. The average molecular weight is 261 g/mol. The van der Waals surface area contributed by atoms with Crippen molar-refractivity contribution in [3.05, 3.63) is 33.9 Å². The Labute approximate surface area is 112 Å². The first-order valence-electron chi connectivity index (χ1n) is 6.89. The fraction of sp³-hybridized carbons (Fsp3) is 0.571. The summed E-state index contributed by atoms with van der Waals surface area (Å²) in [6.07, 6.45) is 3.61. The molecular formula is C14H19N3O2. The van der Waals surface area contributed by atoms with E-state index in [0.29, 0.717) is 12.1 Å². The van der Waals surface area contributed by atoms with E-state index in [-0.39, 0.29) is 10.6 Å². The third kappa shape index (κ3) is 2.42. The summed E-state index contributed by atoms with van der Waals surface area (Å²) in [5, 5.41) is 14.7. The van der Waals surface area contributed by atoms with Gasteiger partial charge in [-0.3, -0.25) is 10.1 Å². The van der Waals surface area contributed by atoms with Crippen molar-refractivity contribution >= 4 is 11.4 Å². The number of nitro groups is 1. The first kappa shape index (κ1) is 12.4. The van der Waals surface area contributed by atoms with Gasteiger partial charge in [0.25, 0.3) is 5.69 Å². The Hall–Kier alpha value is -1.62. The van der Waals surface area contributed by atoms with Crippen molar-refractivity contribution in [1.29, 1.82) is 0 Å². The second kappa shape index (κ2) is 4.81. The molecule has 2 unspecified atom stereocenters. The second-order valence-electron chi connectivity index (χ2n) is 5.60. The molecule has 3 rings (SSSR count). The van der Waals surface area contributed by atoms with Crippen LogP contribution in [0.2, 0.25) is 0 Å². The Morgan fingerprint density at radius 1 is 1.32 bits per heavy atom. The summed E-state index contributed by atoms with van der Waals surface area (Å²) in [5.41, 5.74) is 1.93. The SMILES string of the molecule is Cc1ccc(N2CCC3CCC(C2)N3)cc1[N+](=O)[O-]. The van der Waals surface area contributed by atoms with Crippen molar-refractivity contribution in [2.75, 3.05) is 18.0 Å². The normalized spacial score (nSPS) is 26.3. The highest BCUT2D eigenvalue weighted by molar-refractivity contribution is 5.56. The maximum Gasteiger partial charge on any atom is 0.274 e. The third-order valence-corrected chi connectivity index (χ3v) is 4.28. The monoisotopic (exact) mass is 261 g/mol. The van der Waals surface area contributed by atoms with E-state index in [1.54, 1.807) is 13.0 Å². The van der Waals surface area contributed by atoms with Crippen LogP contribution >= 0.6 is 0 Å². The molecule has 2 fully saturated rings. The Kier molecular flexibility index (Phi) is 3.14. The van der Waals surface area contributed by atoms with E-state index in [2.05, 4.69) is 10.2 Å². The fourth-order valence-corrected chi connectivity index (χ4v) is 3.17. The first-order chi connectivity index (χ1) is 9.13. The van der Waals surface area contributed by atoms with Crippen molar-refractivity contribution in [3.8, 4) is 0 Å². The molecular weight excluding hydrogens is 242 g/mol. The second-order valence-corrected chi connectivity index (χ2v) is 5.60. The molecule has 0 saturated carbocycles. The molecule has 2 aliphatic rings. The van der Waals surface area contributed by atoms with E-state index in [4.69, 9.17) is 0 Å². The maximum atomic E-state index is 11.0. The molecule has 1 aromatic carbocycles. The van der Waals surface area contributed by atoms with Crippen molar-refractivity contribution < 1.29 is 4.92 Å². The summed E-state index contributed by atoms with van der Waals surface area (Å²) < 4.78 is 0. The van der Waals surface area contributed by atoms with Crippen molar-refractivity contribution in [3.63, 3.8) is 0 Å². The highest BCUT2D eigenvalue weighted by Gasteiger charge is 2.29. The molecule has 2 aliphatic heterocycles. The molecule has 0 spiro atoms. The molecule has 2 atom stereocenters. The molecule has 5 nitrogen and oxygen atoms in total. The zero-order valence-electron chi connectivity index (χ0n) is 11.1. The van der Waals surface area contributed by atoms with Gasteiger partial charge in [0.15, 0.2) is 0 Å². The largest absolute Gasteiger partial charge is 0.370 e. The molecule has 0 radical (unpaired) electrons. The number of fused-ring (bicyclic) bond motifs is 2. The van der Waals surface area contributed by atoms with Crippen LogP contribution in [0.5, 0.6) is 0 Å². The van der Waals surface area contributed by atoms with Crippen LogP contribution in [0.3, 0.4) is 0 Å². The lowest BCUT2D eigenvalue weighted by molar-refractivity contribution is -0.385. The van der Waals surface area contributed by atoms with Crippen LogP contribution in [0, 0.1) is 17.0 Å². The van der Waals surface area contributed by atoms with Crippen LogP contribution in [0.15, 0.2) is 18.2 Å². The number of hydrogen-bond acceptors (Lipinski definition) is 4. The van der Waals surface area contributed by atoms with E-state index in [0.717, 1.165) is 30.8 Å². The average Bonchev–Trinajstić information content (AvgIpc) is 2.70. The number of nitrogens with zero attached hydrogens (tertiary/aromatic N) is 2. The Bertz CT molecular complexity index is 503. The molecule has 2 bridgehead atoms. The van der Waals surface area contributed by atoms with Gasteiger partial charge < -0.3 is 10.2 Å². The van der Waals surface area contributed by atoms with Crippen molar-refractivity contribution in [1.82, 2.24) is 5.32 Å². The molecule has 2 heterocycles. The third-order valence-electron chi connectivity index (χ3n) is 4.28. The number of nitrogens with one attached hydrogen (secondary N) is 1. The quantitative estimate of drug-likeness (QED) is 0.655. The standard InChI is InChI=1S/C14H19N3O2/c1-10-2-5-13(8-14(10)17(18)19)16-7-6-11-3-4-12(9-16)15-11/h2,5,8,11-12,15H,3-4,6-7,9H2,1H3. The highest BCUT2D eigenvalue weighted by atomic mass is 16.6. The molecule has 5 heteroatoms. The van der Waals surface area contributed by atoms with Gasteiger partial charge in [-0.15, -0.1) is 0 Å². The van der Waals surface area contributed by atoms with E-state index in [1.165, 1.54) is 12.8 Å². The van der Waals surface area contributed by atoms with E-state index < -0.39 is 0 Å². The summed E-state index contributed by atoms with van der Waals surface area (Å²) in [7, 11) is 0. The fourth-order valence-electron chi connectivity index (χ4n) is 3.17. The minimum Gasteiger partial charge on any atom is -0.370 e. The summed E-state index contributed by atoms with van der Waals surface area (Å²) in [6.45, 7) is 3.72. The summed E-state index contributed by atoms with van der Waals surface area (Å²) >= 11 is 0. The van der Waals surface area contributed by atoms with Crippen LogP contribution in [-0.4, -0.2) is 30.1 Å².